The average Bonchev–Trinajstić information content (AvgIpc) is 2.31. The van der Waals surface area contributed by atoms with Crippen LogP contribution in [0.1, 0.15) is 0 Å². The Hall–Kier alpha value is -2.10. The maximum Gasteiger partial charge on any atom is 0.258 e. The molecule has 0 bridgehead atoms. The minimum Gasteiger partial charge on any atom is -0.483 e. The van der Waals surface area contributed by atoms with E-state index >= 15 is 0 Å². The van der Waals surface area contributed by atoms with Gasteiger partial charge in [0.15, 0.2) is 6.61 Å². The first-order valence-corrected chi connectivity index (χ1v) is 4.64. The van der Waals surface area contributed by atoms with Crippen molar-refractivity contribution in [1.82, 2.24) is 5.32 Å². The topological polar surface area (TPSA) is 55.4 Å². The molecule has 0 aliphatic rings. The Bertz CT molecular complexity index is 319. The number of rotatable bonds is 8. The lowest BCUT2D eigenvalue weighted by Crippen LogP contribution is -2.28. The zero-order chi connectivity index (χ0) is 12.4. The molecule has 4 heteroatoms. The van der Waals surface area contributed by atoms with Gasteiger partial charge >= 0.3 is 0 Å². The van der Waals surface area contributed by atoms with E-state index in [0.717, 1.165) is 0 Å². The number of amides is 1. The summed E-state index contributed by atoms with van der Waals surface area (Å²) in [5, 5.41) is 2.35. The first-order valence-electron chi connectivity index (χ1n) is 4.64. The van der Waals surface area contributed by atoms with Crippen LogP contribution in [0.4, 0.5) is 0 Å². The molecule has 0 aromatic heterocycles. The highest BCUT2D eigenvalue weighted by Gasteiger charge is 2.03. The monoisotopic (exact) mass is 221 g/mol. The first-order chi connectivity index (χ1) is 7.69. The second-order valence-corrected chi connectivity index (χ2v) is 2.69. The molecule has 0 spiro atoms. The van der Waals surface area contributed by atoms with Crippen LogP contribution in [0.2, 0.25) is 0 Å². The number of ether oxygens (including phenoxy) is 1. The molecule has 0 radical (unpaired) electrons. The van der Waals surface area contributed by atoms with E-state index in [1.165, 1.54) is 6.08 Å². The van der Waals surface area contributed by atoms with Crippen LogP contribution < -0.4 is 5.32 Å². The van der Waals surface area contributed by atoms with E-state index < -0.39 is 0 Å². The second-order valence-electron chi connectivity index (χ2n) is 2.69. The third-order valence-corrected chi connectivity index (χ3v) is 1.65. The van der Waals surface area contributed by atoms with Gasteiger partial charge in [0.1, 0.15) is 12.0 Å². The van der Waals surface area contributed by atoms with Crippen molar-refractivity contribution in [2.75, 3.05) is 13.2 Å². The maximum atomic E-state index is 11.1. The van der Waals surface area contributed by atoms with Gasteiger partial charge in [0, 0.05) is 5.57 Å². The number of allylic oxidation sites excluding steroid dienone is 4. The molecule has 0 aromatic rings. The van der Waals surface area contributed by atoms with Crippen LogP contribution in [0.5, 0.6) is 0 Å². The van der Waals surface area contributed by atoms with Gasteiger partial charge in [-0.2, -0.15) is 0 Å². The largest absolute Gasteiger partial charge is 0.483 e. The summed E-state index contributed by atoms with van der Waals surface area (Å²) >= 11 is 0. The molecule has 1 N–H and O–H groups in total. The zero-order valence-electron chi connectivity index (χ0n) is 9.07. The summed E-state index contributed by atoms with van der Waals surface area (Å²) < 4.78 is 5.19. The van der Waals surface area contributed by atoms with E-state index in [1.54, 1.807) is 12.2 Å². The molecule has 1 amide bonds. The molecule has 86 valence electrons. The number of hydrogen-bond acceptors (Lipinski definition) is 3. The molecule has 0 aliphatic heterocycles. The van der Waals surface area contributed by atoms with Gasteiger partial charge in [0.25, 0.3) is 5.91 Å². The Labute approximate surface area is 95.0 Å². The van der Waals surface area contributed by atoms with Crippen LogP contribution in [0.25, 0.3) is 0 Å². The van der Waals surface area contributed by atoms with Crippen molar-refractivity contribution < 1.29 is 14.3 Å². The molecule has 0 unspecified atom stereocenters. The van der Waals surface area contributed by atoms with Crippen LogP contribution in [-0.4, -0.2) is 25.3 Å². The van der Waals surface area contributed by atoms with E-state index in [4.69, 9.17) is 4.74 Å². The fourth-order valence-corrected chi connectivity index (χ4v) is 0.894. The van der Waals surface area contributed by atoms with Crippen molar-refractivity contribution in [3.05, 3.63) is 49.3 Å². The minimum absolute atomic E-state index is 0.0227. The standard InChI is InChI=1S/C12H15NO3/c1-4-10(5-2)11(6-3)16-9-12(15)13-7-8-14/h4-6,8H,1-3,7,9H2,(H,13,15). The lowest BCUT2D eigenvalue weighted by Gasteiger charge is -2.08. The summed E-state index contributed by atoms with van der Waals surface area (Å²) in [4.78, 5) is 21.1. The Balaban J connectivity index is 4.35. The van der Waals surface area contributed by atoms with E-state index in [1.807, 2.05) is 0 Å². The average molecular weight is 221 g/mol. The molecule has 0 aromatic carbocycles. The lowest BCUT2D eigenvalue weighted by atomic mass is 10.2. The normalized spacial score (nSPS) is 8.50. The summed E-state index contributed by atoms with van der Waals surface area (Å²) in [5.41, 5.74) is 0.651. The smallest absolute Gasteiger partial charge is 0.258 e. The zero-order valence-corrected chi connectivity index (χ0v) is 9.07. The molecule has 0 aliphatic carbocycles. The molecule has 0 fully saturated rings. The van der Waals surface area contributed by atoms with Crippen LogP contribution in [0, 0.1) is 0 Å². The van der Waals surface area contributed by atoms with Crippen LogP contribution in [-0.2, 0) is 14.3 Å². The summed E-state index contributed by atoms with van der Waals surface area (Å²) in [6.07, 6.45) is 5.16. The highest BCUT2D eigenvalue weighted by atomic mass is 16.5. The van der Waals surface area contributed by atoms with Crippen LogP contribution in [0.15, 0.2) is 49.3 Å². The molecular formula is C12H15NO3. The van der Waals surface area contributed by atoms with E-state index in [-0.39, 0.29) is 19.1 Å². The van der Waals surface area contributed by atoms with Gasteiger partial charge in [0.2, 0.25) is 0 Å². The van der Waals surface area contributed by atoms with Crippen molar-refractivity contribution in [3.63, 3.8) is 0 Å². The molecule has 0 rings (SSSR count). The molecule has 4 nitrogen and oxygen atoms in total. The fourth-order valence-electron chi connectivity index (χ4n) is 0.894. The molecule has 0 atom stereocenters. The van der Waals surface area contributed by atoms with Gasteiger partial charge in [0.05, 0.1) is 6.54 Å². The third kappa shape index (κ3) is 4.95. The maximum absolute atomic E-state index is 11.1. The Morgan fingerprint density at radius 1 is 1.19 bits per heavy atom. The van der Waals surface area contributed by atoms with Gasteiger partial charge in [-0.05, 0) is 6.08 Å². The summed E-state index contributed by atoms with van der Waals surface area (Å²) in [7, 11) is 0. The highest BCUT2D eigenvalue weighted by molar-refractivity contribution is 5.79. The summed E-state index contributed by atoms with van der Waals surface area (Å²) in [6.45, 7) is 10.5. The van der Waals surface area contributed by atoms with Crippen LogP contribution >= 0.6 is 0 Å². The number of aldehydes is 1. The van der Waals surface area contributed by atoms with Gasteiger partial charge in [-0.25, -0.2) is 0 Å². The van der Waals surface area contributed by atoms with Crippen molar-refractivity contribution in [2.45, 2.75) is 0 Å². The summed E-state index contributed by atoms with van der Waals surface area (Å²) in [5.74, 6) is 0.0465. The summed E-state index contributed by atoms with van der Waals surface area (Å²) in [6, 6.07) is 0. The first kappa shape index (κ1) is 13.9. The molecule has 0 heterocycles. The lowest BCUT2D eigenvalue weighted by molar-refractivity contribution is -0.125. The highest BCUT2D eigenvalue weighted by Crippen LogP contribution is 2.09. The number of nitrogens with one attached hydrogen (secondary N) is 1. The van der Waals surface area contributed by atoms with Gasteiger partial charge in [-0.1, -0.05) is 31.9 Å². The van der Waals surface area contributed by atoms with Gasteiger partial charge < -0.3 is 14.8 Å². The SMILES string of the molecule is C=CC(C=C)=C(C=C)OCC(=O)NCC=O. The predicted molar refractivity (Wildman–Crippen MR) is 62.6 cm³/mol. The van der Waals surface area contributed by atoms with Gasteiger partial charge in [-0.3, -0.25) is 4.79 Å². The molecular weight excluding hydrogens is 206 g/mol. The third-order valence-electron chi connectivity index (χ3n) is 1.65. The van der Waals surface area contributed by atoms with Crippen molar-refractivity contribution in [1.29, 1.82) is 0 Å². The van der Waals surface area contributed by atoms with Crippen molar-refractivity contribution in [2.24, 2.45) is 0 Å². The van der Waals surface area contributed by atoms with Crippen molar-refractivity contribution >= 4 is 12.2 Å². The van der Waals surface area contributed by atoms with E-state index in [2.05, 4.69) is 25.1 Å². The predicted octanol–water partition coefficient (Wildman–Crippen LogP) is 1.13. The fraction of sp³-hybridized carbons (Fsp3) is 0.167. The Morgan fingerprint density at radius 2 is 1.81 bits per heavy atom. The quantitative estimate of drug-likeness (QED) is 0.380. The Morgan fingerprint density at radius 3 is 2.25 bits per heavy atom. The molecule has 0 saturated heterocycles. The van der Waals surface area contributed by atoms with E-state index in [0.29, 0.717) is 17.6 Å². The number of carbonyl (C=O) groups is 2. The van der Waals surface area contributed by atoms with E-state index in [9.17, 15) is 9.59 Å². The van der Waals surface area contributed by atoms with Gasteiger partial charge in [-0.15, -0.1) is 0 Å². The molecule has 0 saturated carbocycles. The minimum atomic E-state index is -0.376. The Kier molecular flexibility index (Phi) is 7.15. The second kappa shape index (κ2) is 8.23. The molecule has 16 heavy (non-hydrogen) atoms. The van der Waals surface area contributed by atoms with Crippen LogP contribution in [0.3, 0.4) is 0 Å². The number of carbonyl (C=O) groups excluding carboxylic acids is 2. The number of hydrogen-bond donors (Lipinski definition) is 1. The van der Waals surface area contributed by atoms with Crippen molar-refractivity contribution in [3.8, 4) is 0 Å².